The van der Waals surface area contributed by atoms with E-state index >= 15 is 0 Å². The average molecular weight is 161 g/mol. The molecule has 1 aromatic carbocycles. The Morgan fingerprint density at radius 2 is 2.25 bits per heavy atom. The molecule has 0 amide bonds. The number of para-hydroxylation sites is 1. The number of benzene rings is 1. The van der Waals surface area contributed by atoms with Gasteiger partial charge in [-0.1, -0.05) is 12.1 Å². The molecule has 1 aliphatic heterocycles. The van der Waals surface area contributed by atoms with Crippen molar-refractivity contribution >= 4 is 17.5 Å². The van der Waals surface area contributed by atoms with Crippen molar-refractivity contribution < 1.29 is 4.92 Å². The van der Waals surface area contributed by atoms with Gasteiger partial charge >= 0.3 is 0 Å². The highest BCUT2D eigenvalue weighted by Gasteiger charge is 2.18. The summed E-state index contributed by atoms with van der Waals surface area (Å²) in [6.07, 6.45) is 3.32. The summed E-state index contributed by atoms with van der Waals surface area (Å²) >= 11 is 0. The Bertz CT molecular complexity index is 371. The Kier molecular flexibility index (Phi) is 1.33. The molecule has 59 valence electrons. The number of hydrogen-bond acceptors (Lipinski definition) is 2. The number of hydrogen-bond donors (Lipinski definition) is 0. The summed E-state index contributed by atoms with van der Waals surface area (Å²) in [7, 11) is 0. The molecular formula is C8H5N2O2. The summed E-state index contributed by atoms with van der Waals surface area (Å²) < 4.78 is 0. The van der Waals surface area contributed by atoms with Crippen molar-refractivity contribution in [1.29, 1.82) is 0 Å². The van der Waals surface area contributed by atoms with Crippen molar-refractivity contribution in [2.45, 2.75) is 0 Å². The molecule has 0 saturated carbocycles. The summed E-state index contributed by atoms with van der Waals surface area (Å²) in [4.78, 5) is 10.1. The summed E-state index contributed by atoms with van der Waals surface area (Å²) in [5.41, 5.74) is 1.34. The van der Waals surface area contributed by atoms with E-state index in [4.69, 9.17) is 0 Å². The highest BCUT2D eigenvalue weighted by atomic mass is 16.6. The monoisotopic (exact) mass is 161 g/mol. The quantitative estimate of drug-likeness (QED) is 0.466. The van der Waals surface area contributed by atoms with E-state index in [1.165, 1.54) is 6.07 Å². The van der Waals surface area contributed by atoms with Crippen molar-refractivity contribution in [2.75, 3.05) is 0 Å². The van der Waals surface area contributed by atoms with Gasteiger partial charge in [0.05, 0.1) is 4.92 Å². The zero-order valence-electron chi connectivity index (χ0n) is 6.10. The van der Waals surface area contributed by atoms with E-state index in [1.807, 2.05) is 0 Å². The average Bonchev–Trinajstić information content (AvgIpc) is 2.49. The van der Waals surface area contributed by atoms with Crippen LogP contribution in [0.2, 0.25) is 0 Å². The molecule has 0 aromatic heterocycles. The van der Waals surface area contributed by atoms with Crippen LogP contribution in [-0.2, 0) is 0 Å². The maximum atomic E-state index is 10.5. The van der Waals surface area contributed by atoms with E-state index in [2.05, 4.69) is 5.32 Å². The standard InChI is InChI=1S/C8H5N2O2/c11-10(12)7-3-1-2-6-4-5-9-8(6)7/h1-5H. The largest absolute Gasteiger partial charge is 0.295 e. The third-order valence-corrected chi connectivity index (χ3v) is 1.70. The van der Waals surface area contributed by atoms with E-state index < -0.39 is 4.92 Å². The number of rotatable bonds is 1. The molecule has 0 spiro atoms. The molecule has 1 aliphatic rings. The SMILES string of the molecule is O=[N+]([O-])c1cccc2c1[N]C=C2. The molecule has 4 heteroatoms. The molecular weight excluding hydrogens is 156 g/mol. The van der Waals surface area contributed by atoms with Gasteiger partial charge in [-0.3, -0.25) is 10.1 Å². The summed E-state index contributed by atoms with van der Waals surface area (Å²) in [5, 5.41) is 14.4. The van der Waals surface area contributed by atoms with E-state index in [1.54, 1.807) is 24.4 Å². The first kappa shape index (κ1) is 6.84. The van der Waals surface area contributed by atoms with Gasteiger partial charge in [0, 0.05) is 17.8 Å². The molecule has 1 radical (unpaired) electrons. The first-order valence-electron chi connectivity index (χ1n) is 3.44. The molecule has 2 rings (SSSR count). The van der Waals surface area contributed by atoms with Gasteiger partial charge in [-0.2, -0.15) is 0 Å². The van der Waals surface area contributed by atoms with Crippen LogP contribution < -0.4 is 5.32 Å². The smallest absolute Gasteiger partial charge is 0.258 e. The van der Waals surface area contributed by atoms with Crippen LogP contribution in [0, 0.1) is 10.1 Å². The van der Waals surface area contributed by atoms with Gasteiger partial charge in [0.1, 0.15) is 5.69 Å². The van der Waals surface area contributed by atoms with Gasteiger partial charge < -0.3 is 0 Å². The second kappa shape index (κ2) is 2.34. The minimum absolute atomic E-state index is 0.0671. The van der Waals surface area contributed by atoms with E-state index in [0.29, 0.717) is 5.69 Å². The Balaban J connectivity index is 2.60. The zero-order valence-corrected chi connectivity index (χ0v) is 6.10. The maximum Gasteiger partial charge on any atom is 0.295 e. The van der Waals surface area contributed by atoms with Gasteiger partial charge in [-0.25, -0.2) is 5.32 Å². The van der Waals surface area contributed by atoms with Crippen molar-refractivity contribution in [3.8, 4) is 0 Å². The number of nitrogens with zero attached hydrogens (tertiary/aromatic N) is 2. The second-order valence-corrected chi connectivity index (χ2v) is 2.42. The van der Waals surface area contributed by atoms with Crippen LogP contribution in [0.5, 0.6) is 0 Å². The predicted octanol–water partition coefficient (Wildman–Crippen LogP) is 1.81. The molecule has 0 saturated heterocycles. The molecule has 0 bridgehead atoms. The molecule has 0 N–H and O–H groups in total. The van der Waals surface area contributed by atoms with Gasteiger partial charge in [0.15, 0.2) is 0 Å². The van der Waals surface area contributed by atoms with Crippen molar-refractivity contribution in [3.63, 3.8) is 0 Å². The van der Waals surface area contributed by atoms with Gasteiger partial charge in [0.2, 0.25) is 0 Å². The molecule has 1 heterocycles. The summed E-state index contributed by atoms with van der Waals surface area (Å²) in [6, 6.07) is 4.91. The summed E-state index contributed by atoms with van der Waals surface area (Å²) in [5.74, 6) is 0. The van der Waals surface area contributed by atoms with Crippen LogP contribution in [0.3, 0.4) is 0 Å². The van der Waals surface area contributed by atoms with Crippen LogP contribution in [-0.4, -0.2) is 4.92 Å². The third kappa shape index (κ3) is 0.852. The maximum absolute atomic E-state index is 10.5. The lowest BCUT2D eigenvalue weighted by Crippen LogP contribution is -1.93. The van der Waals surface area contributed by atoms with Crippen LogP contribution in [0.4, 0.5) is 11.4 Å². The lowest BCUT2D eigenvalue weighted by Gasteiger charge is -1.97. The topological polar surface area (TPSA) is 57.2 Å². The van der Waals surface area contributed by atoms with Crippen LogP contribution in [0.15, 0.2) is 24.4 Å². The van der Waals surface area contributed by atoms with E-state index in [-0.39, 0.29) is 5.69 Å². The molecule has 0 unspecified atom stereocenters. The Morgan fingerprint density at radius 3 is 3.00 bits per heavy atom. The third-order valence-electron chi connectivity index (χ3n) is 1.70. The van der Waals surface area contributed by atoms with Crippen molar-refractivity contribution in [2.24, 2.45) is 0 Å². The van der Waals surface area contributed by atoms with Gasteiger partial charge in [0.25, 0.3) is 5.69 Å². The Morgan fingerprint density at radius 1 is 1.42 bits per heavy atom. The number of nitro benzene ring substituents is 1. The Hall–Kier alpha value is -1.84. The summed E-state index contributed by atoms with van der Waals surface area (Å²) in [6.45, 7) is 0. The molecule has 4 nitrogen and oxygen atoms in total. The van der Waals surface area contributed by atoms with Crippen LogP contribution in [0.1, 0.15) is 5.56 Å². The zero-order chi connectivity index (χ0) is 8.55. The number of nitro groups is 1. The van der Waals surface area contributed by atoms with E-state index in [9.17, 15) is 10.1 Å². The minimum atomic E-state index is -0.421. The first-order chi connectivity index (χ1) is 5.79. The highest BCUT2D eigenvalue weighted by Crippen LogP contribution is 2.32. The number of fused-ring (bicyclic) bond motifs is 1. The van der Waals surface area contributed by atoms with E-state index in [0.717, 1.165) is 5.56 Å². The fourth-order valence-electron chi connectivity index (χ4n) is 1.16. The molecule has 0 atom stereocenters. The fraction of sp³-hybridized carbons (Fsp3) is 0. The van der Waals surface area contributed by atoms with Crippen LogP contribution >= 0.6 is 0 Å². The highest BCUT2D eigenvalue weighted by molar-refractivity contribution is 5.76. The molecule has 1 aromatic rings. The normalized spacial score (nSPS) is 12.3. The lowest BCUT2D eigenvalue weighted by atomic mass is 10.2. The van der Waals surface area contributed by atoms with Gasteiger partial charge in [-0.15, -0.1) is 0 Å². The lowest BCUT2D eigenvalue weighted by molar-refractivity contribution is -0.384. The van der Waals surface area contributed by atoms with Gasteiger partial charge in [-0.05, 0) is 6.08 Å². The fourth-order valence-corrected chi connectivity index (χ4v) is 1.16. The minimum Gasteiger partial charge on any atom is -0.258 e. The molecule has 0 fully saturated rings. The van der Waals surface area contributed by atoms with Crippen LogP contribution in [0.25, 0.3) is 6.08 Å². The van der Waals surface area contributed by atoms with Crippen molar-refractivity contribution in [1.82, 2.24) is 5.32 Å². The molecule has 0 aliphatic carbocycles. The van der Waals surface area contributed by atoms with Crippen molar-refractivity contribution in [3.05, 3.63) is 40.1 Å². The second-order valence-electron chi connectivity index (χ2n) is 2.42. The molecule has 12 heavy (non-hydrogen) atoms. The Labute approximate surface area is 68.7 Å². The first-order valence-corrected chi connectivity index (χ1v) is 3.44. The predicted molar refractivity (Wildman–Crippen MR) is 43.9 cm³/mol.